The summed E-state index contributed by atoms with van der Waals surface area (Å²) in [7, 11) is 0. The Hall–Kier alpha value is -0.910. The topological polar surface area (TPSA) is 55.6 Å². The van der Waals surface area contributed by atoms with Crippen LogP contribution >= 0.6 is 15.9 Å². The third-order valence-corrected chi connectivity index (χ3v) is 3.33. The summed E-state index contributed by atoms with van der Waals surface area (Å²) >= 11 is 3.41. The molecule has 1 amide bonds. The predicted octanol–water partition coefficient (Wildman–Crippen LogP) is 1.45. The number of hydrogen-bond acceptors (Lipinski definition) is 3. The van der Waals surface area contributed by atoms with Crippen molar-refractivity contribution in [3.05, 3.63) is 28.2 Å². The first-order valence-corrected chi connectivity index (χ1v) is 6.32. The lowest BCUT2D eigenvalue weighted by Gasteiger charge is -2.32. The number of carbonyl (C=O) groups is 1. The van der Waals surface area contributed by atoms with Crippen LogP contribution in [0.4, 0.5) is 5.69 Å². The van der Waals surface area contributed by atoms with Crippen LogP contribution in [0.25, 0.3) is 0 Å². The molecule has 1 atom stereocenters. The molecule has 1 unspecified atom stereocenters. The van der Waals surface area contributed by atoms with E-state index in [1.807, 2.05) is 25.1 Å². The van der Waals surface area contributed by atoms with Crippen LogP contribution in [0, 0.1) is 6.92 Å². The molecule has 1 heterocycles. The summed E-state index contributed by atoms with van der Waals surface area (Å²) in [6, 6.07) is 5.87. The van der Waals surface area contributed by atoms with Crippen molar-refractivity contribution in [2.75, 3.05) is 24.6 Å². The second-order valence-electron chi connectivity index (χ2n) is 4.02. The molecule has 1 saturated heterocycles. The van der Waals surface area contributed by atoms with Crippen molar-refractivity contribution in [2.24, 2.45) is 5.73 Å². The van der Waals surface area contributed by atoms with Gasteiger partial charge >= 0.3 is 0 Å². The van der Waals surface area contributed by atoms with E-state index < -0.39 is 6.10 Å². The number of anilines is 1. The fraction of sp³-hybridized carbons (Fsp3) is 0.417. The van der Waals surface area contributed by atoms with E-state index in [1.165, 1.54) is 0 Å². The third-order valence-electron chi connectivity index (χ3n) is 2.84. The van der Waals surface area contributed by atoms with Crippen molar-refractivity contribution >= 4 is 27.5 Å². The van der Waals surface area contributed by atoms with E-state index in [0.717, 1.165) is 15.7 Å². The molecule has 0 bridgehead atoms. The average Bonchev–Trinajstić information content (AvgIpc) is 2.30. The van der Waals surface area contributed by atoms with E-state index in [9.17, 15) is 4.79 Å². The molecule has 1 fully saturated rings. The molecular formula is C12H15BrN2O2. The van der Waals surface area contributed by atoms with Gasteiger partial charge in [-0.1, -0.05) is 15.9 Å². The number of halogens is 1. The van der Waals surface area contributed by atoms with Crippen molar-refractivity contribution in [2.45, 2.75) is 13.0 Å². The first kappa shape index (κ1) is 12.5. The molecule has 1 aliphatic rings. The Morgan fingerprint density at radius 3 is 3.00 bits per heavy atom. The lowest BCUT2D eigenvalue weighted by molar-refractivity contribution is -0.133. The van der Waals surface area contributed by atoms with Gasteiger partial charge < -0.3 is 15.4 Å². The van der Waals surface area contributed by atoms with E-state index in [2.05, 4.69) is 15.9 Å². The molecular weight excluding hydrogens is 284 g/mol. The van der Waals surface area contributed by atoms with Crippen LogP contribution in [0.2, 0.25) is 0 Å². The summed E-state index contributed by atoms with van der Waals surface area (Å²) in [5, 5.41) is 0. The van der Waals surface area contributed by atoms with Gasteiger partial charge in [0.15, 0.2) is 0 Å². The van der Waals surface area contributed by atoms with Crippen LogP contribution in [0.3, 0.4) is 0 Å². The van der Waals surface area contributed by atoms with Gasteiger partial charge in [0.2, 0.25) is 0 Å². The van der Waals surface area contributed by atoms with Crippen LogP contribution in [-0.2, 0) is 9.53 Å². The monoisotopic (exact) mass is 298 g/mol. The molecule has 2 N–H and O–H groups in total. The van der Waals surface area contributed by atoms with Crippen molar-refractivity contribution < 1.29 is 9.53 Å². The van der Waals surface area contributed by atoms with E-state index in [4.69, 9.17) is 10.5 Å². The summed E-state index contributed by atoms with van der Waals surface area (Å²) in [4.78, 5) is 13.9. The number of aryl methyl sites for hydroxylation is 1. The molecule has 0 aliphatic carbocycles. The number of hydrogen-bond donors (Lipinski definition) is 1. The summed E-state index contributed by atoms with van der Waals surface area (Å²) in [5.41, 5.74) is 7.51. The average molecular weight is 299 g/mol. The van der Waals surface area contributed by atoms with Crippen LogP contribution in [0.1, 0.15) is 5.56 Å². The van der Waals surface area contributed by atoms with Gasteiger partial charge in [-0.25, -0.2) is 0 Å². The number of rotatable bonds is 2. The van der Waals surface area contributed by atoms with Crippen molar-refractivity contribution in [3.63, 3.8) is 0 Å². The Kier molecular flexibility index (Phi) is 3.81. The van der Waals surface area contributed by atoms with E-state index >= 15 is 0 Å². The van der Waals surface area contributed by atoms with Gasteiger partial charge in [-0.3, -0.25) is 4.79 Å². The van der Waals surface area contributed by atoms with Gasteiger partial charge in [-0.2, -0.15) is 0 Å². The zero-order valence-electron chi connectivity index (χ0n) is 9.65. The molecule has 17 heavy (non-hydrogen) atoms. The normalized spacial score (nSPS) is 20.8. The molecule has 92 valence electrons. The van der Waals surface area contributed by atoms with Crippen LogP contribution in [-0.4, -0.2) is 31.7 Å². The van der Waals surface area contributed by atoms with Gasteiger partial charge in [0, 0.05) is 23.2 Å². The highest BCUT2D eigenvalue weighted by atomic mass is 79.9. The Morgan fingerprint density at radius 1 is 1.59 bits per heavy atom. The largest absolute Gasteiger partial charge is 0.365 e. The minimum atomic E-state index is -0.508. The van der Waals surface area contributed by atoms with Gasteiger partial charge in [-0.15, -0.1) is 0 Å². The number of nitrogens with zero attached hydrogens (tertiary/aromatic N) is 1. The number of amides is 1. The SMILES string of the molecule is Cc1cc(Br)ccc1N1CCOC(CN)C1=O. The van der Waals surface area contributed by atoms with Gasteiger partial charge in [0.1, 0.15) is 6.10 Å². The minimum absolute atomic E-state index is 0.0517. The van der Waals surface area contributed by atoms with Crippen molar-refractivity contribution in [1.82, 2.24) is 0 Å². The van der Waals surface area contributed by atoms with Crippen LogP contribution in [0.15, 0.2) is 22.7 Å². The Morgan fingerprint density at radius 2 is 2.35 bits per heavy atom. The highest BCUT2D eigenvalue weighted by molar-refractivity contribution is 9.10. The summed E-state index contributed by atoms with van der Waals surface area (Å²) in [5.74, 6) is -0.0517. The number of ether oxygens (including phenoxy) is 1. The van der Waals surface area contributed by atoms with Crippen LogP contribution in [0.5, 0.6) is 0 Å². The standard InChI is InChI=1S/C12H15BrN2O2/c1-8-6-9(13)2-3-10(8)15-4-5-17-11(7-14)12(15)16/h2-3,6,11H,4-5,7,14H2,1H3. The maximum Gasteiger partial charge on any atom is 0.257 e. The molecule has 1 aromatic carbocycles. The molecule has 5 heteroatoms. The highest BCUT2D eigenvalue weighted by Crippen LogP contribution is 2.25. The van der Waals surface area contributed by atoms with Gasteiger partial charge in [-0.05, 0) is 30.7 Å². The van der Waals surface area contributed by atoms with Gasteiger partial charge in [0.05, 0.1) is 6.61 Å². The fourth-order valence-corrected chi connectivity index (χ4v) is 2.45. The Labute approximate surface area is 109 Å². The first-order valence-electron chi connectivity index (χ1n) is 5.52. The summed E-state index contributed by atoms with van der Waals surface area (Å²) in [6.45, 7) is 3.33. The molecule has 1 aromatic rings. The predicted molar refractivity (Wildman–Crippen MR) is 70.0 cm³/mol. The highest BCUT2D eigenvalue weighted by Gasteiger charge is 2.29. The maximum absolute atomic E-state index is 12.1. The summed E-state index contributed by atoms with van der Waals surface area (Å²) in [6.07, 6.45) is -0.508. The summed E-state index contributed by atoms with van der Waals surface area (Å²) < 4.78 is 6.34. The first-order chi connectivity index (χ1) is 8.13. The van der Waals surface area contributed by atoms with E-state index in [-0.39, 0.29) is 12.5 Å². The smallest absolute Gasteiger partial charge is 0.257 e. The fourth-order valence-electron chi connectivity index (χ4n) is 1.97. The molecule has 0 spiro atoms. The number of morpholine rings is 1. The zero-order chi connectivity index (χ0) is 12.4. The third kappa shape index (κ3) is 2.51. The molecule has 0 aromatic heterocycles. The quantitative estimate of drug-likeness (QED) is 0.899. The molecule has 1 aliphatic heterocycles. The van der Waals surface area contributed by atoms with Crippen molar-refractivity contribution in [3.8, 4) is 0 Å². The molecule has 0 radical (unpaired) electrons. The molecule has 0 saturated carbocycles. The number of carbonyl (C=O) groups excluding carboxylic acids is 1. The van der Waals surface area contributed by atoms with Crippen LogP contribution < -0.4 is 10.6 Å². The maximum atomic E-state index is 12.1. The number of benzene rings is 1. The zero-order valence-corrected chi connectivity index (χ0v) is 11.2. The second kappa shape index (κ2) is 5.16. The molecule has 2 rings (SSSR count). The Bertz CT molecular complexity index is 437. The van der Waals surface area contributed by atoms with E-state index in [0.29, 0.717) is 13.2 Å². The number of nitrogens with two attached hydrogens (primary N) is 1. The minimum Gasteiger partial charge on any atom is -0.365 e. The molecule has 4 nitrogen and oxygen atoms in total. The Balaban J connectivity index is 2.29. The van der Waals surface area contributed by atoms with Gasteiger partial charge in [0.25, 0.3) is 5.91 Å². The second-order valence-corrected chi connectivity index (χ2v) is 4.93. The lowest BCUT2D eigenvalue weighted by Crippen LogP contribution is -2.51. The lowest BCUT2D eigenvalue weighted by atomic mass is 10.1. The van der Waals surface area contributed by atoms with Crippen molar-refractivity contribution in [1.29, 1.82) is 0 Å². The van der Waals surface area contributed by atoms with E-state index in [1.54, 1.807) is 4.90 Å².